The van der Waals surface area contributed by atoms with Gasteiger partial charge in [0.1, 0.15) is 5.82 Å². The molecule has 3 amide bonds. The van der Waals surface area contributed by atoms with E-state index in [4.69, 9.17) is 16.9 Å². The number of nitrogens with one attached hydrogen (secondary N) is 1. The first kappa shape index (κ1) is 31.3. The van der Waals surface area contributed by atoms with E-state index in [1.54, 1.807) is 34.1 Å². The molecule has 2 saturated heterocycles. The maximum Gasteiger partial charge on any atom is 0.256 e. The van der Waals surface area contributed by atoms with Crippen molar-refractivity contribution in [1.82, 2.24) is 19.6 Å². The standard InChI is InChI=1S/C31H42FN7O3/c1-22(8-9-33)20-36-10-12-37(13-11-36)21-29(40)38-14-16-39(17-15-38)31(42)26-18-23(6-7-27(26)32)19-28(34)24-4-2-3-5-25(24)30(35)41/h2-7,18,22,34H,8-17,19-21,33H2,1H3,(H2,35,41). The molecule has 2 aliphatic rings. The van der Waals surface area contributed by atoms with Crippen LogP contribution < -0.4 is 11.5 Å². The topological polar surface area (TPSA) is 140 Å². The van der Waals surface area contributed by atoms with Crippen LogP contribution in [0.15, 0.2) is 42.5 Å². The number of amides is 3. The van der Waals surface area contributed by atoms with Gasteiger partial charge in [0.05, 0.1) is 12.1 Å². The highest BCUT2D eigenvalue weighted by atomic mass is 19.1. The molecule has 1 atom stereocenters. The Kier molecular flexibility index (Phi) is 10.8. The Morgan fingerprint density at radius 2 is 1.50 bits per heavy atom. The van der Waals surface area contributed by atoms with Crippen LogP contribution in [0.5, 0.6) is 0 Å². The molecule has 0 radical (unpaired) electrons. The second-order valence-corrected chi connectivity index (χ2v) is 11.3. The quantitative estimate of drug-likeness (QED) is 0.344. The first-order valence-corrected chi connectivity index (χ1v) is 14.6. The molecule has 2 aromatic rings. The summed E-state index contributed by atoms with van der Waals surface area (Å²) >= 11 is 0. The highest BCUT2D eigenvalue weighted by molar-refractivity contribution is 6.09. The van der Waals surface area contributed by atoms with Crippen molar-refractivity contribution in [2.24, 2.45) is 17.4 Å². The van der Waals surface area contributed by atoms with Crippen LogP contribution >= 0.6 is 0 Å². The molecule has 2 fully saturated rings. The van der Waals surface area contributed by atoms with Gasteiger partial charge in [0.25, 0.3) is 5.91 Å². The molecule has 2 aliphatic heterocycles. The first-order chi connectivity index (χ1) is 20.2. The molecule has 5 N–H and O–H groups in total. The van der Waals surface area contributed by atoms with E-state index in [1.807, 2.05) is 0 Å². The summed E-state index contributed by atoms with van der Waals surface area (Å²) in [5, 5.41) is 8.49. The van der Waals surface area contributed by atoms with Crippen LogP contribution in [0, 0.1) is 17.1 Å². The number of carbonyl (C=O) groups is 3. The second kappa shape index (κ2) is 14.5. The fourth-order valence-corrected chi connectivity index (χ4v) is 5.67. The van der Waals surface area contributed by atoms with Crippen LogP contribution in [0.3, 0.4) is 0 Å². The molecule has 4 rings (SSSR count). The smallest absolute Gasteiger partial charge is 0.256 e. The zero-order chi connectivity index (χ0) is 30.2. The number of nitrogens with two attached hydrogens (primary N) is 2. The molecule has 0 spiro atoms. The zero-order valence-corrected chi connectivity index (χ0v) is 24.4. The van der Waals surface area contributed by atoms with Gasteiger partial charge >= 0.3 is 0 Å². The zero-order valence-electron chi connectivity index (χ0n) is 24.4. The monoisotopic (exact) mass is 579 g/mol. The number of benzene rings is 2. The van der Waals surface area contributed by atoms with Gasteiger partial charge in [0.15, 0.2) is 0 Å². The van der Waals surface area contributed by atoms with Crippen LogP contribution in [0.25, 0.3) is 0 Å². The maximum atomic E-state index is 14.8. The van der Waals surface area contributed by atoms with Crippen LogP contribution in [0.1, 0.15) is 45.2 Å². The summed E-state index contributed by atoms with van der Waals surface area (Å²) in [6, 6.07) is 10.8. The van der Waals surface area contributed by atoms with E-state index < -0.39 is 17.6 Å². The van der Waals surface area contributed by atoms with E-state index in [1.165, 1.54) is 18.2 Å². The fraction of sp³-hybridized carbons (Fsp3) is 0.484. The van der Waals surface area contributed by atoms with E-state index in [0.29, 0.717) is 56.3 Å². The van der Waals surface area contributed by atoms with Gasteiger partial charge in [-0.1, -0.05) is 31.2 Å². The Hall–Kier alpha value is -3.67. The highest BCUT2D eigenvalue weighted by Gasteiger charge is 2.28. The van der Waals surface area contributed by atoms with Crippen molar-refractivity contribution in [3.63, 3.8) is 0 Å². The van der Waals surface area contributed by atoms with Gasteiger partial charge in [0, 0.05) is 82.2 Å². The number of rotatable bonds is 11. The first-order valence-electron chi connectivity index (χ1n) is 14.6. The number of hydrogen-bond donors (Lipinski definition) is 3. The predicted molar refractivity (Wildman–Crippen MR) is 160 cm³/mol. The molecule has 226 valence electrons. The van der Waals surface area contributed by atoms with E-state index in [2.05, 4.69) is 16.7 Å². The van der Waals surface area contributed by atoms with Gasteiger partial charge in [0.2, 0.25) is 11.8 Å². The third-order valence-electron chi connectivity index (χ3n) is 8.13. The molecular formula is C31H42FN7O3. The number of hydrogen-bond acceptors (Lipinski definition) is 7. The van der Waals surface area contributed by atoms with E-state index in [-0.39, 0.29) is 29.2 Å². The summed E-state index contributed by atoms with van der Waals surface area (Å²) in [5.41, 5.74) is 12.4. The number of piperazine rings is 2. The lowest BCUT2D eigenvalue weighted by atomic mass is 9.96. The third kappa shape index (κ3) is 7.99. The summed E-state index contributed by atoms with van der Waals surface area (Å²) in [7, 11) is 0. The van der Waals surface area contributed by atoms with Gasteiger partial charge in [-0.25, -0.2) is 4.39 Å². The van der Waals surface area contributed by atoms with Crippen LogP contribution in [-0.4, -0.2) is 115 Å². The minimum atomic E-state index is -0.636. The van der Waals surface area contributed by atoms with Crippen molar-refractivity contribution in [3.8, 4) is 0 Å². The molecule has 0 aliphatic carbocycles. The second-order valence-electron chi connectivity index (χ2n) is 11.3. The van der Waals surface area contributed by atoms with Crippen molar-refractivity contribution < 1.29 is 18.8 Å². The number of carbonyl (C=O) groups excluding carboxylic acids is 3. The Labute approximate surface area is 246 Å². The fourth-order valence-electron chi connectivity index (χ4n) is 5.67. The highest BCUT2D eigenvalue weighted by Crippen LogP contribution is 2.18. The minimum absolute atomic E-state index is 0.0509. The summed E-state index contributed by atoms with van der Waals surface area (Å²) in [5.74, 6) is -1.09. The summed E-state index contributed by atoms with van der Waals surface area (Å²) in [6.07, 6.45) is 1.12. The minimum Gasteiger partial charge on any atom is -0.366 e. The lowest BCUT2D eigenvalue weighted by Crippen LogP contribution is -2.54. The average Bonchev–Trinajstić information content (AvgIpc) is 2.99. The molecule has 2 heterocycles. The van der Waals surface area contributed by atoms with Gasteiger partial charge in [-0.15, -0.1) is 0 Å². The Balaban J connectivity index is 1.28. The summed E-state index contributed by atoms with van der Waals surface area (Å²) in [6.45, 7) is 9.33. The van der Waals surface area contributed by atoms with E-state index >= 15 is 0 Å². The SMILES string of the molecule is CC(CCN)CN1CCN(CC(=O)N2CCN(C(=O)c3cc(CC(=N)c4ccccc4C(N)=O)ccc3F)CC2)CC1. The maximum absolute atomic E-state index is 14.8. The van der Waals surface area contributed by atoms with E-state index in [0.717, 1.165) is 39.1 Å². The molecule has 0 bridgehead atoms. The van der Waals surface area contributed by atoms with Gasteiger partial charge in [-0.05, 0) is 42.6 Å². The van der Waals surface area contributed by atoms with Crippen LogP contribution in [0.2, 0.25) is 0 Å². The molecule has 10 nitrogen and oxygen atoms in total. The lowest BCUT2D eigenvalue weighted by Gasteiger charge is -2.38. The molecule has 2 aromatic carbocycles. The lowest BCUT2D eigenvalue weighted by molar-refractivity contribution is -0.134. The van der Waals surface area contributed by atoms with Crippen molar-refractivity contribution >= 4 is 23.4 Å². The molecular weight excluding hydrogens is 537 g/mol. The number of primary amides is 1. The van der Waals surface area contributed by atoms with Crippen molar-refractivity contribution in [2.75, 3.05) is 72.0 Å². The van der Waals surface area contributed by atoms with Crippen LogP contribution in [-0.2, 0) is 11.2 Å². The number of nitrogens with zero attached hydrogens (tertiary/aromatic N) is 4. The van der Waals surface area contributed by atoms with Gasteiger partial charge in [-0.3, -0.25) is 19.3 Å². The molecule has 0 saturated carbocycles. The summed E-state index contributed by atoms with van der Waals surface area (Å²) in [4.78, 5) is 46.0. The van der Waals surface area contributed by atoms with Crippen molar-refractivity contribution in [1.29, 1.82) is 5.41 Å². The molecule has 0 aromatic heterocycles. The molecule has 11 heteroatoms. The van der Waals surface area contributed by atoms with Crippen LogP contribution in [0.4, 0.5) is 4.39 Å². The van der Waals surface area contributed by atoms with Crippen molar-refractivity contribution in [2.45, 2.75) is 19.8 Å². The molecule has 1 unspecified atom stereocenters. The van der Waals surface area contributed by atoms with Gasteiger partial charge < -0.3 is 31.6 Å². The third-order valence-corrected chi connectivity index (χ3v) is 8.13. The van der Waals surface area contributed by atoms with Gasteiger partial charge in [-0.2, -0.15) is 0 Å². The average molecular weight is 580 g/mol. The Morgan fingerprint density at radius 1 is 0.881 bits per heavy atom. The number of halogens is 1. The summed E-state index contributed by atoms with van der Waals surface area (Å²) < 4.78 is 14.8. The largest absolute Gasteiger partial charge is 0.366 e. The molecule has 42 heavy (non-hydrogen) atoms. The van der Waals surface area contributed by atoms with Crippen molar-refractivity contribution in [3.05, 3.63) is 70.5 Å². The van der Waals surface area contributed by atoms with E-state index in [9.17, 15) is 18.8 Å². The Morgan fingerprint density at radius 3 is 2.14 bits per heavy atom. The Bertz CT molecular complexity index is 1290. The normalized spacial score (nSPS) is 17.2. The predicted octanol–water partition coefficient (Wildman–Crippen LogP) is 1.42.